The Balaban J connectivity index is 1.48. The van der Waals surface area contributed by atoms with Gasteiger partial charge in [0, 0.05) is 25.7 Å². The molecule has 1 atom stereocenters. The van der Waals surface area contributed by atoms with Gasteiger partial charge in [-0.2, -0.15) is 0 Å². The third-order valence-electron chi connectivity index (χ3n) is 5.12. The maximum absolute atomic E-state index is 10.1. The fourth-order valence-electron chi connectivity index (χ4n) is 3.70. The maximum Gasteiger partial charge on any atom is 0.0628 e. The third kappa shape index (κ3) is 2.39. The first kappa shape index (κ1) is 12.8. The molecule has 0 amide bonds. The minimum Gasteiger partial charge on any atom is -0.394 e. The summed E-state index contributed by atoms with van der Waals surface area (Å²) in [6, 6.07) is 9.39. The van der Waals surface area contributed by atoms with E-state index in [4.69, 9.17) is 0 Å². The van der Waals surface area contributed by atoms with E-state index >= 15 is 0 Å². The summed E-state index contributed by atoms with van der Waals surface area (Å²) < 4.78 is 0. The van der Waals surface area contributed by atoms with Gasteiger partial charge >= 0.3 is 0 Å². The summed E-state index contributed by atoms with van der Waals surface area (Å²) in [5.74, 6) is 0.678. The van der Waals surface area contributed by atoms with Gasteiger partial charge in [0.1, 0.15) is 0 Å². The van der Waals surface area contributed by atoms with Crippen molar-refractivity contribution < 1.29 is 5.11 Å². The molecule has 3 nitrogen and oxygen atoms in total. The van der Waals surface area contributed by atoms with Gasteiger partial charge < -0.3 is 10.4 Å². The lowest BCUT2D eigenvalue weighted by atomic mass is 9.93. The van der Waals surface area contributed by atoms with Crippen LogP contribution in [0.25, 0.3) is 0 Å². The first-order chi connectivity index (χ1) is 9.79. The van der Waals surface area contributed by atoms with E-state index in [1.807, 2.05) is 0 Å². The molecule has 1 heterocycles. The molecule has 2 saturated carbocycles. The number of nitrogens with one attached hydrogen (secondary N) is 1. The largest absolute Gasteiger partial charge is 0.394 e. The molecule has 20 heavy (non-hydrogen) atoms. The van der Waals surface area contributed by atoms with Gasteiger partial charge in [-0.1, -0.05) is 24.3 Å². The van der Waals surface area contributed by atoms with Crippen molar-refractivity contribution in [2.24, 2.45) is 5.92 Å². The lowest BCUT2D eigenvalue weighted by Crippen LogP contribution is -2.58. The van der Waals surface area contributed by atoms with Gasteiger partial charge in [0.2, 0.25) is 0 Å². The van der Waals surface area contributed by atoms with E-state index in [0.29, 0.717) is 12.0 Å². The van der Waals surface area contributed by atoms with Crippen LogP contribution in [-0.4, -0.2) is 34.7 Å². The van der Waals surface area contributed by atoms with Crippen LogP contribution >= 0.6 is 0 Å². The van der Waals surface area contributed by atoms with Crippen molar-refractivity contribution in [2.45, 2.75) is 50.4 Å². The molecule has 0 bridgehead atoms. The fourth-order valence-corrected chi connectivity index (χ4v) is 3.70. The molecule has 0 spiro atoms. The molecule has 4 rings (SSSR count). The van der Waals surface area contributed by atoms with Gasteiger partial charge in [-0.05, 0) is 42.7 Å². The van der Waals surface area contributed by atoms with Crippen LogP contribution in [0.1, 0.15) is 36.8 Å². The second-order valence-electron chi connectivity index (χ2n) is 6.92. The lowest BCUT2D eigenvalue weighted by Gasteiger charge is -2.37. The Morgan fingerprint density at radius 2 is 1.75 bits per heavy atom. The Morgan fingerprint density at radius 3 is 2.25 bits per heavy atom. The Labute approximate surface area is 121 Å². The molecule has 0 saturated heterocycles. The summed E-state index contributed by atoms with van der Waals surface area (Å²) in [6.07, 6.45) is 5.13. The molecular weight excluding hydrogens is 248 g/mol. The summed E-state index contributed by atoms with van der Waals surface area (Å²) in [5.41, 5.74) is 2.87. The molecule has 3 aliphatic rings. The van der Waals surface area contributed by atoms with Crippen LogP contribution in [0, 0.1) is 5.92 Å². The topological polar surface area (TPSA) is 35.5 Å². The lowest BCUT2D eigenvalue weighted by molar-refractivity contribution is 0.0876. The van der Waals surface area contributed by atoms with Crippen molar-refractivity contribution in [3.05, 3.63) is 35.4 Å². The highest BCUT2D eigenvalue weighted by Crippen LogP contribution is 2.42. The molecule has 0 radical (unpaired) electrons. The molecule has 2 fully saturated rings. The minimum absolute atomic E-state index is 0.0524. The smallest absolute Gasteiger partial charge is 0.0628 e. The number of rotatable bonds is 6. The van der Waals surface area contributed by atoms with Gasteiger partial charge in [0.15, 0.2) is 0 Å². The molecule has 0 aromatic heterocycles. The van der Waals surface area contributed by atoms with E-state index in [2.05, 4.69) is 34.5 Å². The highest BCUT2D eigenvalue weighted by Gasteiger charge is 2.48. The van der Waals surface area contributed by atoms with Crippen molar-refractivity contribution in [3.63, 3.8) is 0 Å². The van der Waals surface area contributed by atoms with Gasteiger partial charge in [-0.25, -0.2) is 0 Å². The van der Waals surface area contributed by atoms with Crippen molar-refractivity contribution in [1.82, 2.24) is 10.2 Å². The summed E-state index contributed by atoms with van der Waals surface area (Å²) in [6.45, 7) is 3.34. The summed E-state index contributed by atoms with van der Waals surface area (Å²) >= 11 is 0. The number of hydrogen-bond acceptors (Lipinski definition) is 3. The average Bonchev–Trinajstić information content (AvgIpc) is 3.35. The zero-order valence-corrected chi connectivity index (χ0v) is 12.0. The first-order valence-corrected chi connectivity index (χ1v) is 7.97. The summed E-state index contributed by atoms with van der Waals surface area (Å²) in [7, 11) is 0. The van der Waals surface area contributed by atoms with Crippen LogP contribution in [0.2, 0.25) is 0 Å². The second kappa shape index (κ2) is 4.83. The normalized spacial score (nSPS) is 25.4. The van der Waals surface area contributed by atoms with Crippen LogP contribution in [-0.2, 0) is 13.1 Å². The van der Waals surface area contributed by atoms with Crippen molar-refractivity contribution >= 4 is 0 Å². The van der Waals surface area contributed by atoms with E-state index in [9.17, 15) is 5.11 Å². The van der Waals surface area contributed by atoms with Gasteiger partial charge in [-0.15, -0.1) is 0 Å². The average molecular weight is 272 g/mol. The quantitative estimate of drug-likeness (QED) is 0.830. The molecule has 1 aliphatic heterocycles. The fraction of sp³-hybridized carbons (Fsp3) is 0.647. The van der Waals surface area contributed by atoms with E-state index < -0.39 is 0 Å². The number of fused-ring (bicyclic) bond motifs is 1. The molecule has 3 heteroatoms. The molecular formula is C17H24N2O. The summed E-state index contributed by atoms with van der Waals surface area (Å²) in [5, 5.41) is 13.8. The number of nitrogens with zero attached hydrogens (tertiary/aromatic N) is 1. The van der Waals surface area contributed by atoms with E-state index in [1.54, 1.807) is 0 Å². The van der Waals surface area contributed by atoms with Crippen LogP contribution in [0.15, 0.2) is 24.3 Å². The number of benzene rings is 1. The molecule has 1 unspecified atom stereocenters. The monoisotopic (exact) mass is 272 g/mol. The van der Waals surface area contributed by atoms with E-state index in [-0.39, 0.29) is 12.1 Å². The van der Waals surface area contributed by atoms with Crippen molar-refractivity contribution in [2.75, 3.05) is 13.2 Å². The zero-order chi connectivity index (χ0) is 13.6. The Bertz CT molecular complexity index is 471. The molecule has 1 aromatic carbocycles. The van der Waals surface area contributed by atoms with E-state index in [0.717, 1.165) is 19.6 Å². The predicted octanol–water partition coefficient (Wildman–Crippen LogP) is 1.90. The number of aliphatic hydroxyl groups is 1. The van der Waals surface area contributed by atoms with Crippen LogP contribution in [0.4, 0.5) is 0 Å². The SMILES string of the molecule is OCC(CN1Cc2ccccc2C1)(NC1CC1)C1CC1. The van der Waals surface area contributed by atoms with Crippen LogP contribution in [0.5, 0.6) is 0 Å². The standard InChI is InChI=1S/C17H24N2O/c20-12-17(15-5-6-15,18-16-7-8-16)11-19-9-13-3-1-2-4-14(13)10-19/h1-4,15-16,18,20H,5-12H2. The van der Waals surface area contributed by atoms with Gasteiger partial charge in [0.25, 0.3) is 0 Å². The highest BCUT2D eigenvalue weighted by atomic mass is 16.3. The third-order valence-corrected chi connectivity index (χ3v) is 5.12. The summed E-state index contributed by atoms with van der Waals surface area (Å²) in [4.78, 5) is 2.51. The molecule has 108 valence electrons. The van der Waals surface area contributed by atoms with Gasteiger partial charge in [0.05, 0.1) is 12.1 Å². The molecule has 1 aromatic rings. The van der Waals surface area contributed by atoms with Crippen molar-refractivity contribution in [3.8, 4) is 0 Å². The first-order valence-electron chi connectivity index (χ1n) is 7.97. The molecule has 2 N–H and O–H groups in total. The Morgan fingerprint density at radius 1 is 1.10 bits per heavy atom. The maximum atomic E-state index is 10.1. The predicted molar refractivity (Wildman–Crippen MR) is 79.3 cm³/mol. The van der Waals surface area contributed by atoms with Crippen LogP contribution < -0.4 is 5.32 Å². The number of hydrogen-bond donors (Lipinski definition) is 2. The zero-order valence-electron chi connectivity index (χ0n) is 12.0. The Kier molecular flexibility index (Phi) is 3.09. The molecule has 2 aliphatic carbocycles. The van der Waals surface area contributed by atoms with E-state index in [1.165, 1.54) is 36.8 Å². The van der Waals surface area contributed by atoms with Crippen LogP contribution in [0.3, 0.4) is 0 Å². The second-order valence-corrected chi connectivity index (χ2v) is 6.92. The Hall–Kier alpha value is -0.900. The number of aliphatic hydroxyl groups excluding tert-OH is 1. The minimum atomic E-state index is -0.0524. The van der Waals surface area contributed by atoms with Crippen molar-refractivity contribution in [1.29, 1.82) is 0 Å². The highest BCUT2D eigenvalue weighted by molar-refractivity contribution is 5.30. The van der Waals surface area contributed by atoms with Gasteiger partial charge in [-0.3, -0.25) is 4.90 Å².